The van der Waals surface area contributed by atoms with Gasteiger partial charge in [0.1, 0.15) is 11.5 Å². The van der Waals surface area contributed by atoms with Crippen molar-refractivity contribution >= 4 is 0 Å². The molecule has 0 saturated heterocycles. The van der Waals surface area contributed by atoms with Gasteiger partial charge in [0.05, 0.1) is 0 Å². The van der Waals surface area contributed by atoms with Crippen LogP contribution >= 0.6 is 0 Å². The van der Waals surface area contributed by atoms with E-state index in [1.807, 2.05) is 66.7 Å². The Balaban J connectivity index is 2.06. The van der Waals surface area contributed by atoms with Crippen LogP contribution in [-0.4, -0.2) is 10.2 Å². The van der Waals surface area contributed by atoms with E-state index in [1.54, 1.807) is 18.2 Å². The summed E-state index contributed by atoms with van der Waals surface area (Å²) in [6.07, 6.45) is 0. The highest BCUT2D eigenvalue weighted by Crippen LogP contribution is 2.44. The highest BCUT2D eigenvalue weighted by molar-refractivity contribution is 5.97. The van der Waals surface area contributed by atoms with E-state index in [4.69, 9.17) is 0 Å². The maximum Gasteiger partial charge on any atom is 0.124 e. The lowest BCUT2D eigenvalue weighted by molar-refractivity contribution is 0.474. The van der Waals surface area contributed by atoms with Crippen LogP contribution in [0.2, 0.25) is 0 Å². The third-order valence-corrected chi connectivity index (χ3v) is 4.49. The Morgan fingerprint density at radius 2 is 0.962 bits per heavy atom. The van der Waals surface area contributed by atoms with Crippen LogP contribution in [0.1, 0.15) is 0 Å². The molecule has 0 aliphatic heterocycles. The summed E-state index contributed by atoms with van der Waals surface area (Å²) in [4.78, 5) is 0. The molecule has 26 heavy (non-hydrogen) atoms. The number of phenols is 2. The van der Waals surface area contributed by atoms with Crippen molar-refractivity contribution in [1.82, 2.24) is 0 Å². The summed E-state index contributed by atoms with van der Waals surface area (Å²) in [5, 5.41) is 20.3. The molecule has 0 aliphatic rings. The molecule has 0 radical (unpaired) electrons. The average Bonchev–Trinajstić information content (AvgIpc) is 2.70. The molecule has 126 valence electrons. The van der Waals surface area contributed by atoms with Gasteiger partial charge in [-0.15, -0.1) is 0 Å². The van der Waals surface area contributed by atoms with Crippen molar-refractivity contribution in [2.75, 3.05) is 0 Å². The summed E-state index contributed by atoms with van der Waals surface area (Å²) in [7, 11) is 0. The zero-order chi connectivity index (χ0) is 17.9. The van der Waals surface area contributed by atoms with Crippen LogP contribution in [0.15, 0.2) is 97.1 Å². The van der Waals surface area contributed by atoms with Gasteiger partial charge in [-0.25, -0.2) is 0 Å². The fraction of sp³-hybridized carbons (Fsp3) is 0. The molecule has 0 aliphatic carbocycles. The van der Waals surface area contributed by atoms with Crippen LogP contribution < -0.4 is 0 Å². The molecule has 0 amide bonds. The minimum Gasteiger partial charge on any atom is -0.508 e. The molecule has 4 aromatic rings. The lowest BCUT2D eigenvalue weighted by Crippen LogP contribution is -1.91. The van der Waals surface area contributed by atoms with E-state index < -0.39 is 0 Å². The minimum atomic E-state index is 0.203. The minimum absolute atomic E-state index is 0.203. The molecule has 2 nitrogen and oxygen atoms in total. The molecule has 0 atom stereocenters. The van der Waals surface area contributed by atoms with E-state index in [0.29, 0.717) is 0 Å². The van der Waals surface area contributed by atoms with Crippen LogP contribution in [0.4, 0.5) is 0 Å². The molecule has 0 spiro atoms. The van der Waals surface area contributed by atoms with Crippen LogP contribution in [-0.2, 0) is 0 Å². The van der Waals surface area contributed by atoms with Crippen molar-refractivity contribution in [2.45, 2.75) is 0 Å². The number of benzene rings is 4. The van der Waals surface area contributed by atoms with Crippen molar-refractivity contribution in [3.8, 4) is 44.9 Å². The van der Waals surface area contributed by atoms with Crippen molar-refractivity contribution in [2.24, 2.45) is 0 Å². The zero-order valence-electron chi connectivity index (χ0n) is 14.1. The molecule has 0 bridgehead atoms. The van der Waals surface area contributed by atoms with E-state index in [1.165, 1.54) is 0 Å². The molecule has 0 saturated carbocycles. The fourth-order valence-corrected chi connectivity index (χ4v) is 3.27. The first-order chi connectivity index (χ1) is 12.7. The molecular formula is C24H18O2. The standard InChI is InChI=1S/C24H18O2/c25-20-13-11-19(12-14-20)24-22(26)16-15-21(17-7-3-1-4-8-17)23(24)18-9-5-2-6-10-18/h1-16,25-26H. The third-order valence-electron chi connectivity index (χ3n) is 4.49. The molecule has 0 aromatic heterocycles. The van der Waals surface area contributed by atoms with Crippen LogP contribution in [0, 0.1) is 0 Å². The number of hydrogen-bond donors (Lipinski definition) is 2. The molecule has 0 heterocycles. The second-order valence-corrected chi connectivity index (χ2v) is 6.16. The van der Waals surface area contributed by atoms with Gasteiger partial charge in [-0.2, -0.15) is 0 Å². The van der Waals surface area contributed by atoms with Gasteiger partial charge in [-0.3, -0.25) is 0 Å². The van der Waals surface area contributed by atoms with Crippen LogP contribution in [0.3, 0.4) is 0 Å². The van der Waals surface area contributed by atoms with Crippen molar-refractivity contribution in [3.63, 3.8) is 0 Å². The monoisotopic (exact) mass is 338 g/mol. The van der Waals surface area contributed by atoms with Gasteiger partial charge in [0, 0.05) is 11.1 Å². The van der Waals surface area contributed by atoms with Gasteiger partial charge < -0.3 is 10.2 Å². The number of rotatable bonds is 3. The number of aromatic hydroxyl groups is 2. The Hall–Kier alpha value is -3.52. The first-order valence-electron chi connectivity index (χ1n) is 8.50. The Morgan fingerprint density at radius 3 is 1.58 bits per heavy atom. The quantitative estimate of drug-likeness (QED) is 0.474. The summed E-state index contributed by atoms with van der Waals surface area (Å²) in [5.41, 5.74) is 5.77. The lowest BCUT2D eigenvalue weighted by Gasteiger charge is -2.17. The maximum absolute atomic E-state index is 10.7. The first-order valence-corrected chi connectivity index (χ1v) is 8.50. The molecule has 0 unspecified atom stereocenters. The molecular weight excluding hydrogens is 320 g/mol. The number of hydrogen-bond acceptors (Lipinski definition) is 2. The molecule has 2 heteroatoms. The van der Waals surface area contributed by atoms with Crippen LogP contribution in [0.25, 0.3) is 33.4 Å². The number of phenolic OH excluding ortho intramolecular Hbond substituents is 2. The van der Waals surface area contributed by atoms with Gasteiger partial charge >= 0.3 is 0 Å². The predicted molar refractivity (Wildman–Crippen MR) is 106 cm³/mol. The normalized spacial score (nSPS) is 10.6. The van der Waals surface area contributed by atoms with Crippen molar-refractivity contribution < 1.29 is 10.2 Å². The van der Waals surface area contributed by atoms with Gasteiger partial charge in [0.15, 0.2) is 0 Å². The highest BCUT2D eigenvalue weighted by Gasteiger charge is 2.17. The highest BCUT2D eigenvalue weighted by atomic mass is 16.3. The van der Waals surface area contributed by atoms with E-state index in [-0.39, 0.29) is 11.5 Å². The first kappa shape index (κ1) is 16.0. The summed E-state index contributed by atoms with van der Waals surface area (Å²) >= 11 is 0. The lowest BCUT2D eigenvalue weighted by atomic mass is 9.87. The summed E-state index contributed by atoms with van der Waals surface area (Å²) < 4.78 is 0. The van der Waals surface area contributed by atoms with Gasteiger partial charge in [0.2, 0.25) is 0 Å². The topological polar surface area (TPSA) is 40.5 Å². The van der Waals surface area contributed by atoms with E-state index in [0.717, 1.165) is 33.4 Å². The van der Waals surface area contributed by atoms with E-state index in [9.17, 15) is 10.2 Å². The van der Waals surface area contributed by atoms with Crippen molar-refractivity contribution in [3.05, 3.63) is 97.1 Å². The summed E-state index contributed by atoms with van der Waals surface area (Å²) in [6.45, 7) is 0. The summed E-state index contributed by atoms with van der Waals surface area (Å²) in [6, 6.07) is 30.8. The molecule has 4 rings (SSSR count). The molecule has 4 aromatic carbocycles. The second-order valence-electron chi connectivity index (χ2n) is 6.16. The Bertz CT molecular complexity index is 1020. The largest absolute Gasteiger partial charge is 0.508 e. The second kappa shape index (κ2) is 6.77. The molecule has 2 N–H and O–H groups in total. The maximum atomic E-state index is 10.7. The average molecular weight is 338 g/mol. The van der Waals surface area contributed by atoms with E-state index >= 15 is 0 Å². The zero-order valence-corrected chi connectivity index (χ0v) is 14.1. The Morgan fingerprint density at radius 1 is 0.423 bits per heavy atom. The SMILES string of the molecule is Oc1ccc(-c2c(O)ccc(-c3ccccc3)c2-c2ccccc2)cc1. The fourth-order valence-electron chi connectivity index (χ4n) is 3.27. The summed E-state index contributed by atoms with van der Waals surface area (Å²) in [5.74, 6) is 0.419. The van der Waals surface area contributed by atoms with Crippen molar-refractivity contribution in [1.29, 1.82) is 0 Å². The smallest absolute Gasteiger partial charge is 0.124 e. The van der Waals surface area contributed by atoms with Gasteiger partial charge in [0.25, 0.3) is 0 Å². The predicted octanol–water partition coefficient (Wildman–Crippen LogP) is 6.10. The van der Waals surface area contributed by atoms with E-state index in [2.05, 4.69) is 12.1 Å². The van der Waals surface area contributed by atoms with Crippen LogP contribution in [0.5, 0.6) is 11.5 Å². The third kappa shape index (κ3) is 2.93. The molecule has 0 fully saturated rings. The Kier molecular flexibility index (Phi) is 4.16. The van der Waals surface area contributed by atoms with Gasteiger partial charge in [-0.1, -0.05) is 78.9 Å². The Labute approximate surface area is 152 Å². The van der Waals surface area contributed by atoms with Gasteiger partial charge in [-0.05, 0) is 40.5 Å².